The molecule has 0 radical (unpaired) electrons. The number of rotatable bonds is 2. The molecule has 0 bridgehead atoms. The fraction of sp³-hybridized carbons (Fsp3) is 0.167. The molecule has 0 spiro atoms. The lowest BCUT2D eigenvalue weighted by Crippen LogP contribution is -2.43. The third kappa shape index (κ3) is 3.05. The molecule has 5 nitrogen and oxygen atoms in total. The number of carbonyl (C=O) groups is 1. The number of aromatic amines is 1. The van der Waals surface area contributed by atoms with Gasteiger partial charge in [0, 0.05) is 41.2 Å². The third-order valence-corrected chi connectivity index (χ3v) is 5.68. The van der Waals surface area contributed by atoms with Crippen LogP contribution in [0.4, 0.5) is 10.5 Å². The van der Waals surface area contributed by atoms with Gasteiger partial charge in [0.05, 0.1) is 0 Å². The highest BCUT2D eigenvalue weighted by molar-refractivity contribution is 5.92. The average molecular weight is 382 g/mol. The van der Waals surface area contributed by atoms with Crippen LogP contribution < -0.4 is 5.32 Å². The second-order valence-corrected chi connectivity index (χ2v) is 7.44. The number of fused-ring (bicyclic) bond motifs is 3. The van der Waals surface area contributed by atoms with Gasteiger partial charge in [-0.2, -0.15) is 0 Å². The molecule has 0 aliphatic carbocycles. The highest BCUT2D eigenvalue weighted by atomic mass is 16.2. The van der Waals surface area contributed by atoms with Gasteiger partial charge in [0.1, 0.15) is 6.04 Å². The number of amides is 2. The molecular weight excluding hydrogens is 360 g/mol. The van der Waals surface area contributed by atoms with Gasteiger partial charge in [-0.05, 0) is 48.2 Å². The zero-order chi connectivity index (χ0) is 19.8. The van der Waals surface area contributed by atoms with Crippen LogP contribution in [0.3, 0.4) is 0 Å². The van der Waals surface area contributed by atoms with Crippen molar-refractivity contribution in [1.29, 1.82) is 0 Å². The van der Waals surface area contributed by atoms with E-state index in [0.29, 0.717) is 6.54 Å². The lowest BCUT2D eigenvalue weighted by atomic mass is 9.93. The molecule has 0 saturated carbocycles. The van der Waals surface area contributed by atoms with Gasteiger partial charge >= 0.3 is 6.03 Å². The summed E-state index contributed by atoms with van der Waals surface area (Å²) in [5, 5.41) is 4.33. The maximum absolute atomic E-state index is 13.3. The summed E-state index contributed by atoms with van der Waals surface area (Å²) >= 11 is 0. The lowest BCUT2D eigenvalue weighted by Gasteiger charge is -2.36. The maximum Gasteiger partial charge on any atom is 0.322 e. The summed E-state index contributed by atoms with van der Waals surface area (Å²) < 4.78 is 0. The Balaban J connectivity index is 1.58. The van der Waals surface area contributed by atoms with Crippen molar-refractivity contribution in [1.82, 2.24) is 14.9 Å². The number of carbonyl (C=O) groups excluding carboxylic acids is 1. The standard InChI is InChI=1S/C24H22N4O/c1-16-7-2-4-10-20(16)27-24(29)28-14-12-19-18-9-3-5-11-21(18)26-22(19)23(28)17-8-6-13-25-15-17/h2-11,13,15,23,26H,12,14H2,1H3,(H,27,29)/t23-/m1/s1. The van der Waals surface area contributed by atoms with Crippen LogP contribution >= 0.6 is 0 Å². The van der Waals surface area contributed by atoms with Crippen molar-refractivity contribution in [2.24, 2.45) is 0 Å². The van der Waals surface area contributed by atoms with Crippen LogP contribution in [0.5, 0.6) is 0 Å². The Bertz CT molecular complexity index is 1180. The Morgan fingerprint density at radius 2 is 1.93 bits per heavy atom. The first-order valence-corrected chi connectivity index (χ1v) is 9.85. The predicted molar refractivity (Wildman–Crippen MR) is 115 cm³/mol. The molecular formula is C24H22N4O. The number of para-hydroxylation sites is 2. The topological polar surface area (TPSA) is 61.0 Å². The van der Waals surface area contributed by atoms with Gasteiger partial charge in [-0.15, -0.1) is 0 Å². The SMILES string of the molecule is Cc1ccccc1NC(=O)N1CCc2c([nH]c3ccccc23)[C@H]1c1cccnc1. The van der Waals surface area contributed by atoms with E-state index in [9.17, 15) is 4.79 Å². The van der Waals surface area contributed by atoms with E-state index in [1.165, 1.54) is 10.9 Å². The van der Waals surface area contributed by atoms with Crippen LogP contribution in [0.2, 0.25) is 0 Å². The molecule has 29 heavy (non-hydrogen) atoms. The number of aromatic nitrogens is 2. The van der Waals surface area contributed by atoms with E-state index in [4.69, 9.17) is 0 Å². The molecule has 1 aliphatic rings. The predicted octanol–water partition coefficient (Wildman–Crippen LogP) is 5.05. The monoisotopic (exact) mass is 382 g/mol. The Kier molecular flexibility index (Phi) is 4.28. The number of urea groups is 1. The number of benzene rings is 2. The first-order valence-electron chi connectivity index (χ1n) is 9.85. The molecule has 0 saturated heterocycles. The minimum Gasteiger partial charge on any atom is -0.356 e. The summed E-state index contributed by atoms with van der Waals surface area (Å²) in [6.45, 7) is 2.65. The van der Waals surface area contributed by atoms with Crippen LogP contribution in [0, 0.1) is 6.92 Å². The fourth-order valence-electron chi connectivity index (χ4n) is 4.24. The van der Waals surface area contributed by atoms with Crippen LogP contribution in [-0.2, 0) is 6.42 Å². The van der Waals surface area contributed by atoms with Gasteiger partial charge in [-0.1, -0.05) is 42.5 Å². The molecule has 0 unspecified atom stereocenters. The molecule has 2 amide bonds. The molecule has 5 heteroatoms. The third-order valence-electron chi connectivity index (χ3n) is 5.68. The molecule has 4 aromatic rings. The highest BCUT2D eigenvalue weighted by Crippen LogP contribution is 2.38. The average Bonchev–Trinajstić information content (AvgIpc) is 3.14. The minimum absolute atomic E-state index is 0.0996. The normalized spacial score (nSPS) is 15.9. The molecule has 5 rings (SSSR count). The number of H-pyrrole nitrogens is 1. The lowest BCUT2D eigenvalue weighted by molar-refractivity contribution is 0.193. The molecule has 2 N–H and O–H groups in total. The number of nitrogens with zero attached hydrogens (tertiary/aromatic N) is 2. The van der Waals surface area contributed by atoms with E-state index in [-0.39, 0.29) is 12.1 Å². The Labute approximate surface area is 169 Å². The smallest absolute Gasteiger partial charge is 0.322 e. The Morgan fingerprint density at radius 1 is 1.10 bits per heavy atom. The number of nitrogens with one attached hydrogen (secondary N) is 2. The summed E-state index contributed by atoms with van der Waals surface area (Å²) in [6.07, 6.45) is 4.42. The molecule has 1 atom stereocenters. The van der Waals surface area contributed by atoms with Crippen LogP contribution in [0.1, 0.15) is 28.4 Å². The molecule has 3 heterocycles. The largest absolute Gasteiger partial charge is 0.356 e. The second kappa shape index (κ2) is 7.09. The Hall–Kier alpha value is -3.60. The van der Waals surface area contributed by atoms with Gasteiger partial charge in [-0.3, -0.25) is 4.98 Å². The van der Waals surface area contributed by atoms with E-state index in [1.807, 2.05) is 60.5 Å². The summed E-state index contributed by atoms with van der Waals surface area (Å²) in [5.41, 5.74) is 6.35. The quantitative estimate of drug-likeness (QED) is 0.510. The van der Waals surface area contributed by atoms with Crippen molar-refractivity contribution >= 4 is 22.6 Å². The molecule has 0 fully saturated rings. The van der Waals surface area contributed by atoms with Crippen molar-refractivity contribution in [2.75, 3.05) is 11.9 Å². The number of hydrogen-bond donors (Lipinski definition) is 2. The molecule has 1 aliphatic heterocycles. The van der Waals surface area contributed by atoms with Crippen LogP contribution in [0.15, 0.2) is 73.1 Å². The van der Waals surface area contributed by atoms with Crippen molar-refractivity contribution in [3.63, 3.8) is 0 Å². The first kappa shape index (κ1) is 17.5. The van der Waals surface area contributed by atoms with E-state index >= 15 is 0 Å². The summed E-state index contributed by atoms with van der Waals surface area (Å²) in [5.74, 6) is 0. The van der Waals surface area contributed by atoms with Crippen LogP contribution in [0.25, 0.3) is 10.9 Å². The van der Waals surface area contributed by atoms with Gasteiger partial charge in [0.2, 0.25) is 0 Å². The summed E-state index contributed by atoms with van der Waals surface area (Å²) in [6, 6.07) is 19.8. The molecule has 2 aromatic carbocycles. The van der Waals surface area contributed by atoms with E-state index in [1.54, 1.807) is 6.20 Å². The first-order chi connectivity index (χ1) is 14.2. The minimum atomic E-state index is -0.205. The summed E-state index contributed by atoms with van der Waals surface area (Å²) in [4.78, 5) is 23.1. The zero-order valence-corrected chi connectivity index (χ0v) is 16.2. The van der Waals surface area contributed by atoms with Crippen molar-refractivity contribution in [3.8, 4) is 0 Å². The second-order valence-electron chi connectivity index (χ2n) is 7.44. The van der Waals surface area contributed by atoms with Crippen molar-refractivity contribution in [3.05, 3.63) is 95.4 Å². The number of aryl methyl sites for hydroxylation is 1. The van der Waals surface area contributed by atoms with Crippen LogP contribution in [-0.4, -0.2) is 27.4 Å². The van der Waals surface area contributed by atoms with E-state index in [0.717, 1.165) is 34.4 Å². The van der Waals surface area contributed by atoms with Gasteiger partial charge in [-0.25, -0.2) is 4.79 Å². The van der Waals surface area contributed by atoms with E-state index < -0.39 is 0 Å². The molecule has 144 valence electrons. The highest BCUT2D eigenvalue weighted by Gasteiger charge is 2.34. The Morgan fingerprint density at radius 3 is 2.76 bits per heavy atom. The van der Waals surface area contributed by atoms with Gasteiger partial charge in [0.15, 0.2) is 0 Å². The number of pyridine rings is 1. The number of hydrogen-bond acceptors (Lipinski definition) is 2. The van der Waals surface area contributed by atoms with Crippen molar-refractivity contribution in [2.45, 2.75) is 19.4 Å². The van der Waals surface area contributed by atoms with Crippen molar-refractivity contribution < 1.29 is 4.79 Å². The number of anilines is 1. The summed E-state index contributed by atoms with van der Waals surface area (Å²) in [7, 11) is 0. The maximum atomic E-state index is 13.3. The fourth-order valence-corrected chi connectivity index (χ4v) is 4.24. The van der Waals surface area contributed by atoms with Gasteiger partial charge < -0.3 is 15.2 Å². The zero-order valence-electron chi connectivity index (χ0n) is 16.2. The van der Waals surface area contributed by atoms with Gasteiger partial charge in [0.25, 0.3) is 0 Å². The van der Waals surface area contributed by atoms with E-state index in [2.05, 4.69) is 33.5 Å². The molecule has 2 aromatic heterocycles.